The molecular weight excluding hydrogens is 295 g/mol. The first kappa shape index (κ1) is 16.2. The molecule has 0 aliphatic carbocycles. The number of nitrogens with one attached hydrogen (secondary N) is 1. The van der Waals surface area contributed by atoms with Crippen molar-refractivity contribution in [2.75, 3.05) is 6.54 Å². The molecule has 0 saturated heterocycles. The van der Waals surface area contributed by atoms with Crippen molar-refractivity contribution in [3.63, 3.8) is 0 Å². The molecule has 116 valence electrons. The van der Waals surface area contributed by atoms with E-state index in [-0.39, 0.29) is 18.7 Å². The minimum Gasteiger partial charge on any atom is -0.445 e. The van der Waals surface area contributed by atoms with Crippen LogP contribution < -0.4 is 5.32 Å². The number of alkyl carbamates (subject to hydrolysis) is 1. The maximum absolute atomic E-state index is 13.2. The van der Waals surface area contributed by atoms with Gasteiger partial charge in [0.25, 0.3) is 0 Å². The lowest BCUT2D eigenvalue weighted by Crippen LogP contribution is -2.24. The summed E-state index contributed by atoms with van der Waals surface area (Å²) >= 11 is 0. The molecule has 0 heterocycles. The summed E-state index contributed by atoms with van der Waals surface area (Å²) in [5, 5.41) is 11.3. The number of benzene rings is 2. The van der Waals surface area contributed by atoms with Crippen LogP contribution in [-0.4, -0.2) is 12.6 Å². The number of hydrogen-bond donors (Lipinski definition) is 1. The van der Waals surface area contributed by atoms with E-state index in [0.29, 0.717) is 5.56 Å². The van der Waals surface area contributed by atoms with E-state index in [1.54, 1.807) is 24.3 Å². The van der Waals surface area contributed by atoms with E-state index in [1.165, 1.54) is 12.1 Å². The molecule has 5 heteroatoms. The van der Waals surface area contributed by atoms with Gasteiger partial charge in [0, 0.05) is 6.54 Å². The monoisotopic (exact) mass is 310 g/mol. The lowest BCUT2D eigenvalue weighted by atomic mass is 10.1. The molecule has 0 aliphatic heterocycles. The average Bonchev–Trinajstić information content (AvgIpc) is 2.59. The minimum atomic E-state index is -0.549. The predicted octanol–water partition coefficient (Wildman–Crippen LogP) is 3.64. The van der Waals surface area contributed by atoms with Gasteiger partial charge in [-0.25, -0.2) is 9.18 Å². The standard InChI is InChI=1S/C18H15FN2O2/c19-17-9-8-14(11-16(17)12-20)7-4-10-21-18(22)23-13-15-5-2-1-3-6-15/h1-9,11H,10,13H2,(H,21,22). The highest BCUT2D eigenvalue weighted by molar-refractivity contribution is 5.67. The molecule has 0 radical (unpaired) electrons. The Hall–Kier alpha value is -3.13. The maximum atomic E-state index is 13.2. The van der Waals surface area contributed by atoms with Gasteiger partial charge in [-0.15, -0.1) is 0 Å². The van der Waals surface area contributed by atoms with Crippen LogP contribution in [0.4, 0.5) is 9.18 Å². The molecule has 2 aromatic rings. The van der Waals surface area contributed by atoms with Gasteiger partial charge in [-0.1, -0.05) is 48.6 Å². The Morgan fingerprint density at radius 2 is 2.04 bits per heavy atom. The molecule has 1 N–H and O–H groups in total. The molecule has 0 aromatic heterocycles. The molecule has 1 amide bonds. The van der Waals surface area contributed by atoms with Crippen LogP contribution in [0.25, 0.3) is 6.08 Å². The summed E-state index contributed by atoms with van der Waals surface area (Å²) in [5.74, 6) is -0.549. The number of carbonyl (C=O) groups is 1. The van der Waals surface area contributed by atoms with Crippen molar-refractivity contribution in [3.05, 3.63) is 77.1 Å². The van der Waals surface area contributed by atoms with Gasteiger partial charge >= 0.3 is 6.09 Å². The molecule has 0 saturated carbocycles. The third kappa shape index (κ3) is 5.29. The van der Waals surface area contributed by atoms with Gasteiger partial charge in [0.05, 0.1) is 5.56 Å². The highest BCUT2D eigenvalue weighted by Gasteiger charge is 2.01. The van der Waals surface area contributed by atoms with Crippen molar-refractivity contribution in [2.24, 2.45) is 0 Å². The zero-order valence-corrected chi connectivity index (χ0v) is 12.3. The van der Waals surface area contributed by atoms with Crippen LogP contribution in [-0.2, 0) is 11.3 Å². The highest BCUT2D eigenvalue weighted by Crippen LogP contribution is 2.10. The SMILES string of the molecule is N#Cc1cc(C=CCNC(=O)OCc2ccccc2)ccc1F. The quantitative estimate of drug-likeness (QED) is 0.917. The van der Waals surface area contributed by atoms with Crippen LogP contribution in [0.3, 0.4) is 0 Å². The molecule has 0 spiro atoms. The Bertz CT molecular complexity index is 736. The van der Waals surface area contributed by atoms with Crippen LogP contribution in [0.1, 0.15) is 16.7 Å². The number of hydrogen-bond acceptors (Lipinski definition) is 3. The number of nitriles is 1. The van der Waals surface area contributed by atoms with E-state index in [4.69, 9.17) is 10.00 Å². The van der Waals surface area contributed by atoms with Crippen molar-refractivity contribution in [1.29, 1.82) is 5.26 Å². The summed E-state index contributed by atoms with van der Waals surface area (Å²) in [7, 11) is 0. The van der Waals surface area contributed by atoms with E-state index >= 15 is 0 Å². The summed E-state index contributed by atoms with van der Waals surface area (Å²) in [5.41, 5.74) is 1.58. The van der Waals surface area contributed by atoms with Gasteiger partial charge in [-0.2, -0.15) is 5.26 Å². The van der Waals surface area contributed by atoms with Gasteiger partial charge in [-0.05, 0) is 23.3 Å². The van der Waals surface area contributed by atoms with Crippen LogP contribution in [0.5, 0.6) is 0 Å². The number of nitrogens with zero attached hydrogens (tertiary/aromatic N) is 1. The number of ether oxygens (including phenoxy) is 1. The number of carbonyl (C=O) groups excluding carboxylic acids is 1. The fourth-order valence-electron chi connectivity index (χ4n) is 1.84. The smallest absolute Gasteiger partial charge is 0.407 e. The second-order valence-electron chi connectivity index (χ2n) is 4.70. The number of amides is 1. The fourth-order valence-corrected chi connectivity index (χ4v) is 1.84. The van der Waals surface area contributed by atoms with Crippen LogP contribution in [0.15, 0.2) is 54.6 Å². The van der Waals surface area contributed by atoms with Crippen LogP contribution in [0.2, 0.25) is 0 Å². The Morgan fingerprint density at radius 3 is 2.78 bits per heavy atom. The second-order valence-corrected chi connectivity index (χ2v) is 4.70. The van der Waals surface area contributed by atoms with Crippen molar-refractivity contribution in [1.82, 2.24) is 5.32 Å². The molecule has 4 nitrogen and oxygen atoms in total. The molecule has 0 atom stereocenters. The number of rotatable bonds is 5. The Morgan fingerprint density at radius 1 is 1.26 bits per heavy atom. The molecule has 0 unspecified atom stereocenters. The average molecular weight is 310 g/mol. The van der Waals surface area contributed by atoms with Crippen molar-refractivity contribution >= 4 is 12.2 Å². The molecule has 0 fully saturated rings. The Balaban J connectivity index is 1.76. The van der Waals surface area contributed by atoms with Crippen molar-refractivity contribution in [2.45, 2.75) is 6.61 Å². The molecule has 2 aromatic carbocycles. The maximum Gasteiger partial charge on any atom is 0.407 e. The second kappa shape index (κ2) is 8.35. The topological polar surface area (TPSA) is 62.1 Å². The van der Waals surface area contributed by atoms with Gasteiger partial charge in [-0.3, -0.25) is 0 Å². The Kier molecular flexibility index (Phi) is 5.89. The first-order chi connectivity index (χ1) is 11.2. The minimum absolute atomic E-state index is 0.0117. The van der Waals surface area contributed by atoms with Crippen molar-refractivity contribution in [3.8, 4) is 6.07 Å². The lowest BCUT2D eigenvalue weighted by molar-refractivity contribution is 0.141. The zero-order chi connectivity index (χ0) is 16.5. The first-order valence-electron chi connectivity index (χ1n) is 7.00. The van der Waals surface area contributed by atoms with Gasteiger partial charge < -0.3 is 10.1 Å². The van der Waals surface area contributed by atoms with Gasteiger partial charge in [0.2, 0.25) is 0 Å². The van der Waals surface area contributed by atoms with Gasteiger partial charge in [0.15, 0.2) is 0 Å². The van der Waals surface area contributed by atoms with Crippen LogP contribution >= 0.6 is 0 Å². The Labute approximate surface area is 133 Å². The molecule has 2 rings (SSSR count). The highest BCUT2D eigenvalue weighted by atomic mass is 19.1. The van der Waals surface area contributed by atoms with E-state index in [0.717, 1.165) is 5.56 Å². The largest absolute Gasteiger partial charge is 0.445 e. The molecule has 0 aliphatic rings. The zero-order valence-electron chi connectivity index (χ0n) is 12.3. The van der Waals surface area contributed by atoms with E-state index < -0.39 is 11.9 Å². The lowest BCUT2D eigenvalue weighted by Gasteiger charge is -2.05. The molecular formula is C18H15FN2O2. The third-order valence-corrected chi connectivity index (χ3v) is 3.00. The van der Waals surface area contributed by atoms with E-state index in [2.05, 4.69) is 5.32 Å². The fraction of sp³-hybridized carbons (Fsp3) is 0.111. The third-order valence-electron chi connectivity index (χ3n) is 3.00. The summed E-state index contributed by atoms with van der Waals surface area (Å²) in [6, 6.07) is 15.4. The summed E-state index contributed by atoms with van der Waals surface area (Å²) in [6.07, 6.45) is 2.87. The summed E-state index contributed by atoms with van der Waals surface area (Å²) in [6.45, 7) is 0.479. The predicted molar refractivity (Wildman–Crippen MR) is 84.8 cm³/mol. The first-order valence-corrected chi connectivity index (χ1v) is 7.00. The van der Waals surface area contributed by atoms with E-state index in [1.807, 2.05) is 30.3 Å². The molecule has 23 heavy (non-hydrogen) atoms. The summed E-state index contributed by atoms with van der Waals surface area (Å²) < 4.78 is 18.2. The normalized spacial score (nSPS) is 10.3. The number of halogens is 1. The van der Waals surface area contributed by atoms with Crippen molar-refractivity contribution < 1.29 is 13.9 Å². The van der Waals surface area contributed by atoms with Crippen LogP contribution in [0, 0.1) is 17.1 Å². The van der Waals surface area contributed by atoms with Gasteiger partial charge in [0.1, 0.15) is 18.5 Å². The molecule has 0 bridgehead atoms. The summed E-state index contributed by atoms with van der Waals surface area (Å²) in [4.78, 5) is 11.5. The van der Waals surface area contributed by atoms with E-state index in [9.17, 15) is 9.18 Å².